The SMILES string of the molecule is CC(C)(C)CC(C)(C)O[O-].[Na+]. The quantitative estimate of drug-likeness (QED) is 0.285. The molecule has 0 aromatic carbocycles. The molecule has 0 aromatic heterocycles. The molecule has 0 N–H and O–H groups in total. The Bertz CT molecular complexity index is 105. The second-order valence-electron chi connectivity index (χ2n) is 4.58. The van der Waals surface area contributed by atoms with Gasteiger partial charge in [0.15, 0.2) is 0 Å². The average Bonchev–Trinajstić information content (AvgIpc) is 1.60. The fraction of sp³-hybridized carbons (Fsp3) is 1.00. The van der Waals surface area contributed by atoms with Crippen LogP contribution in [0.15, 0.2) is 0 Å². The zero-order chi connectivity index (χ0) is 8.41. The monoisotopic (exact) mass is 168 g/mol. The van der Waals surface area contributed by atoms with Crippen molar-refractivity contribution in [2.45, 2.75) is 46.6 Å². The summed E-state index contributed by atoms with van der Waals surface area (Å²) < 4.78 is 0. The van der Waals surface area contributed by atoms with Crippen molar-refractivity contribution in [1.82, 2.24) is 0 Å². The topological polar surface area (TPSA) is 32.3 Å². The smallest absolute Gasteiger partial charge is 0.723 e. The maximum absolute atomic E-state index is 10.1. The number of hydrogen-bond acceptors (Lipinski definition) is 2. The molecule has 0 aliphatic carbocycles. The third-order valence-electron chi connectivity index (χ3n) is 1.18. The van der Waals surface area contributed by atoms with E-state index >= 15 is 0 Å². The molecule has 0 unspecified atom stereocenters. The van der Waals surface area contributed by atoms with Gasteiger partial charge in [0.25, 0.3) is 0 Å². The third-order valence-corrected chi connectivity index (χ3v) is 1.18. The van der Waals surface area contributed by atoms with Crippen LogP contribution in [-0.4, -0.2) is 5.60 Å². The summed E-state index contributed by atoms with van der Waals surface area (Å²) in [5.74, 6) is 0. The Morgan fingerprint density at radius 3 is 1.55 bits per heavy atom. The summed E-state index contributed by atoms with van der Waals surface area (Å²) >= 11 is 0. The zero-order valence-electron chi connectivity index (χ0n) is 8.52. The van der Waals surface area contributed by atoms with E-state index in [-0.39, 0.29) is 35.0 Å². The van der Waals surface area contributed by atoms with Crippen LogP contribution in [0.2, 0.25) is 0 Å². The number of rotatable bonds is 2. The normalized spacial score (nSPS) is 12.5. The van der Waals surface area contributed by atoms with Gasteiger partial charge >= 0.3 is 29.6 Å². The fourth-order valence-electron chi connectivity index (χ4n) is 1.31. The standard InChI is InChI=1S/C8H18O2.Na/c1-7(2,3)6-8(4,5)10-9;/h9H,6H2,1-5H3;/q;+1/p-1. The van der Waals surface area contributed by atoms with E-state index < -0.39 is 5.60 Å². The fourth-order valence-corrected chi connectivity index (χ4v) is 1.31. The summed E-state index contributed by atoms with van der Waals surface area (Å²) in [5.41, 5.74) is -0.369. The first kappa shape index (κ1) is 14.4. The van der Waals surface area contributed by atoms with Crippen LogP contribution < -0.4 is 34.8 Å². The van der Waals surface area contributed by atoms with Gasteiger partial charge in [-0.3, -0.25) is 0 Å². The predicted molar refractivity (Wildman–Crippen MR) is 39.2 cm³/mol. The minimum absolute atomic E-state index is 0. The van der Waals surface area contributed by atoms with Gasteiger partial charge in [-0.1, -0.05) is 20.8 Å². The molecule has 0 aliphatic rings. The van der Waals surface area contributed by atoms with E-state index in [1.54, 1.807) is 0 Å². The molecule has 0 bridgehead atoms. The van der Waals surface area contributed by atoms with E-state index in [1.165, 1.54) is 0 Å². The van der Waals surface area contributed by atoms with Crippen molar-refractivity contribution >= 4 is 0 Å². The molecule has 0 fully saturated rings. The van der Waals surface area contributed by atoms with Gasteiger partial charge in [-0.05, 0) is 25.7 Å². The van der Waals surface area contributed by atoms with Crippen LogP contribution >= 0.6 is 0 Å². The van der Waals surface area contributed by atoms with Gasteiger partial charge in [0.1, 0.15) is 0 Å². The molecule has 0 spiro atoms. The van der Waals surface area contributed by atoms with Gasteiger partial charge in [0, 0.05) is 0 Å². The molecule has 0 heterocycles. The summed E-state index contributed by atoms with van der Waals surface area (Å²) in [5, 5.41) is 10.1. The van der Waals surface area contributed by atoms with E-state index in [0.717, 1.165) is 6.42 Å². The molecule has 0 saturated carbocycles. The Balaban J connectivity index is 0. The maximum Gasteiger partial charge on any atom is 1.00 e. The Morgan fingerprint density at radius 1 is 1.09 bits per heavy atom. The molecule has 0 atom stereocenters. The minimum Gasteiger partial charge on any atom is -0.723 e. The Kier molecular flexibility index (Phi) is 6.34. The molecular formula is C8H17NaO2. The van der Waals surface area contributed by atoms with Gasteiger partial charge in [0.05, 0.1) is 5.60 Å². The second kappa shape index (κ2) is 4.83. The van der Waals surface area contributed by atoms with Crippen LogP contribution in [0.1, 0.15) is 41.0 Å². The Labute approximate surface area is 91.5 Å². The number of hydrogen-bond donors (Lipinski definition) is 0. The van der Waals surface area contributed by atoms with Gasteiger partial charge in [-0.2, -0.15) is 0 Å². The first-order valence-corrected chi connectivity index (χ1v) is 3.58. The van der Waals surface area contributed by atoms with Crippen LogP contribution in [0.25, 0.3) is 0 Å². The van der Waals surface area contributed by atoms with Crippen LogP contribution in [0.3, 0.4) is 0 Å². The molecule has 0 aromatic rings. The van der Waals surface area contributed by atoms with Crippen molar-refractivity contribution in [1.29, 1.82) is 0 Å². The summed E-state index contributed by atoms with van der Waals surface area (Å²) in [4.78, 5) is 4.06. The Morgan fingerprint density at radius 2 is 1.45 bits per heavy atom. The molecule has 0 aliphatic heterocycles. The molecule has 0 amide bonds. The van der Waals surface area contributed by atoms with Crippen molar-refractivity contribution in [3.05, 3.63) is 0 Å². The average molecular weight is 168 g/mol. The van der Waals surface area contributed by atoms with Crippen molar-refractivity contribution < 1.29 is 39.7 Å². The van der Waals surface area contributed by atoms with Crippen LogP contribution in [0, 0.1) is 5.41 Å². The van der Waals surface area contributed by atoms with E-state index in [2.05, 4.69) is 25.7 Å². The van der Waals surface area contributed by atoms with E-state index in [4.69, 9.17) is 0 Å². The second-order valence-corrected chi connectivity index (χ2v) is 4.58. The summed E-state index contributed by atoms with van der Waals surface area (Å²) in [6, 6.07) is 0. The van der Waals surface area contributed by atoms with Gasteiger partial charge in [0.2, 0.25) is 0 Å². The maximum atomic E-state index is 10.1. The summed E-state index contributed by atoms with van der Waals surface area (Å²) in [7, 11) is 0. The van der Waals surface area contributed by atoms with E-state index in [0.29, 0.717) is 0 Å². The minimum atomic E-state index is -0.530. The first-order valence-electron chi connectivity index (χ1n) is 3.58. The van der Waals surface area contributed by atoms with Gasteiger partial charge in [-0.15, -0.1) is 0 Å². The zero-order valence-corrected chi connectivity index (χ0v) is 10.5. The molecule has 0 radical (unpaired) electrons. The van der Waals surface area contributed by atoms with E-state index in [9.17, 15) is 5.26 Å². The van der Waals surface area contributed by atoms with Crippen LogP contribution in [0.4, 0.5) is 0 Å². The third kappa shape index (κ3) is 8.83. The molecule has 0 rings (SSSR count). The predicted octanol–water partition coefficient (Wildman–Crippen LogP) is -1.50. The molecule has 3 heteroatoms. The van der Waals surface area contributed by atoms with Crippen molar-refractivity contribution in [3.63, 3.8) is 0 Å². The molecular weight excluding hydrogens is 151 g/mol. The van der Waals surface area contributed by atoms with Gasteiger partial charge < -0.3 is 10.1 Å². The van der Waals surface area contributed by atoms with Crippen LogP contribution in [0.5, 0.6) is 0 Å². The van der Waals surface area contributed by atoms with Crippen molar-refractivity contribution in [3.8, 4) is 0 Å². The molecule has 11 heavy (non-hydrogen) atoms. The molecule has 62 valence electrons. The largest absolute Gasteiger partial charge is 1.00 e. The van der Waals surface area contributed by atoms with Gasteiger partial charge in [-0.25, -0.2) is 0 Å². The van der Waals surface area contributed by atoms with Crippen molar-refractivity contribution in [2.24, 2.45) is 5.41 Å². The van der Waals surface area contributed by atoms with Crippen molar-refractivity contribution in [2.75, 3.05) is 0 Å². The van der Waals surface area contributed by atoms with E-state index in [1.807, 2.05) is 13.8 Å². The Hall–Kier alpha value is 0.920. The molecule has 0 saturated heterocycles. The van der Waals surface area contributed by atoms with Crippen LogP contribution in [-0.2, 0) is 4.89 Å². The summed E-state index contributed by atoms with van der Waals surface area (Å²) in [6.07, 6.45) is 0.781. The summed E-state index contributed by atoms with van der Waals surface area (Å²) in [6.45, 7) is 9.89. The first-order chi connectivity index (χ1) is 4.27. The molecule has 2 nitrogen and oxygen atoms in total.